The van der Waals surface area contributed by atoms with Gasteiger partial charge in [0.2, 0.25) is 5.95 Å². The predicted molar refractivity (Wildman–Crippen MR) is 92.5 cm³/mol. The monoisotopic (exact) mass is 332 g/mol. The van der Waals surface area contributed by atoms with Crippen molar-refractivity contribution in [3.05, 3.63) is 24.0 Å². The van der Waals surface area contributed by atoms with Gasteiger partial charge in [-0.1, -0.05) is 6.07 Å². The summed E-state index contributed by atoms with van der Waals surface area (Å²) in [6.07, 6.45) is 0.993. The molecule has 1 aliphatic heterocycles. The molecule has 0 spiro atoms. The molecule has 2 heterocycles. The van der Waals surface area contributed by atoms with Gasteiger partial charge in [0.25, 0.3) is 0 Å². The third kappa shape index (κ3) is 2.92. The average molecular weight is 332 g/mol. The highest BCUT2D eigenvalue weighted by molar-refractivity contribution is 5.85. The molecule has 1 aromatic heterocycles. The highest BCUT2D eigenvalue weighted by Crippen LogP contribution is 2.37. The molecule has 7 nitrogen and oxygen atoms in total. The molecule has 3 rings (SSSR count). The van der Waals surface area contributed by atoms with Gasteiger partial charge in [-0.15, -0.1) is 0 Å². The van der Waals surface area contributed by atoms with E-state index in [9.17, 15) is 4.39 Å². The Morgan fingerprint density at radius 3 is 2.79 bits per heavy atom. The Morgan fingerprint density at radius 1 is 1.33 bits per heavy atom. The fraction of sp³-hybridized carbons (Fsp3) is 0.375. The van der Waals surface area contributed by atoms with Gasteiger partial charge in [-0.25, -0.2) is 4.39 Å². The molecule has 0 radical (unpaired) electrons. The van der Waals surface area contributed by atoms with Crippen LogP contribution in [0.15, 0.2) is 18.2 Å². The molecule has 0 bridgehead atoms. The number of nitrogens with one attached hydrogen (secondary N) is 1. The number of methoxy groups -OCH3 is 1. The van der Waals surface area contributed by atoms with Crippen LogP contribution < -0.4 is 26.4 Å². The molecular weight excluding hydrogens is 311 g/mol. The molecule has 0 amide bonds. The van der Waals surface area contributed by atoms with Crippen molar-refractivity contribution in [3.8, 4) is 16.9 Å². The minimum absolute atomic E-state index is 0.119. The number of ether oxygens (including phenoxy) is 1. The van der Waals surface area contributed by atoms with E-state index >= 15 is 0 Å². The van der Waals surface area contributed by atoms with E-state index in [1.54, 1.807) is 12.1 Å². The second-order valence-electron chi connectivity index (χ2n) is 5.74. The zero-order valence-corrected chi connectivity index (χ0v) is 13.7. The number of aromatic nitrogens is 2. The van der Waals surface area contributed by atoms with Crippen LogP contribution in [-0.4, -0.2) is 43.3 Å². The van der Waals surface area contributed by atoms with Crippen LogP contribution in [0.3, 0.4) is 0 Å². The Hall–Kier alpha value is -2.61. The smallest absolute Gasteiger partial charge is 0.223 e. The van der Waals surface area contributed by atoms with Gasteiger partial charge in [0.05, 0.1) is 12.7 Å². The number of benzene rings is 1. The van der Waals surface area contributed by atoms with Crippen molar-refractivity contribution in [1.82, 2.24) is 15.3 Å². The molecule has 1 aliphatic rings. The normalized spacial score (nSPS) is 17.3. The van der Waals surface area contributed by atoms with Gasteiger partial charge in [0.15, 0.2) is 11.6 Å². The summed E-state index contributed by atoms with van der Waals surface area (Å²) in [6.45, 7) is 1.62. The number of hydrogen-bond donors (Lipinski definition) is 3. The summed E-state index contributed by atoms with van der Waals surface area (Å²) < 4.78 is 18.8. The second kappa shape index (κ2) is 6.48. The fourth-order valence-electron chi connectivity index (χ4n) is 2.99. The van der Waals surface area contributed by atoms with E-state index in [-0.39, 0.29) is 17.5 Å². The highest BCUT2D eigenvalue weighted by atomic mass is 19.1. The number of hydrogen-bond acceptors (Lipinski definition) is 7. The van der Waals surface area contributed by atoms with Crippen molar-refractivity contribution < 1.29 is 9.13 Å². The largest absolute Gasteiger partial charge is 0.494 e. The van der Waals surface area contributed by atoms with E-state index in [2.05, 4.69) is 20.2 Å². The zero-order valence-electron chi connectivity index (χ0n) is 13.7. The average Bonchev–Trinajstić information content (AvgIpc) is 3.04. The Bertz CT molecular complexity index is 754. The molecule has 2 aromatic rings. The lowest BCUT2D eigenvalue weighted by atomic mass is 10.1. The summed E-state index contributed by atoms with van der Waals surface area (Å²) in [6, 6.07) is 4.94. The van der Waals surface area contributed by atoms with Gasteiger partial charge in [-0.2, -0.15) is 9.97 Å². The summed E-state index contributed by atoms with van der Waals surface area (Å²) >= 11 is 0. The Labute approximate surface area is 139 Å². The standard InChI is InChI=1S/C16H21FN6O/c1-20-10-5-6-23(8-10)15-13(14(18)21-16(19)22-15)9-3-4-11(17)12(7-9)24-2/h3-4,7,10,20H,5-6,8H2,1-2H3,(H4,18,19,21,22)/t10-/m1/s1. The number of nitrogens with zero attached hydrogens (tertiary/aromatic N) is 3. The van der Waals surface area contributed by atoms with Crippen molar-refractivity contribution in [2.45, 2.75) is 12.5 Å². The van der Waals surface area contributed by atoms with Crippen LogP contribution in [0.25, 0.3) is 11.1 Å². The van der Waals surface area contributed by atoms with E-state index in [4.69, 9.17) is 16.2 Å². The first kappa shape index (κ1) is 16.3. The van der Waals surface area contributed by atoms with Gasteiger partial charge < -0.3 is 26.4 Å². The molecule has 5 N–H and O–H groups in total. The Balaban J connectivity index is 2.10. The SMILES string of the molecule is CN[C@@H]1CCN(c2nc(N)nc(N)c2-c2ccc(F)c(OC)c2)C1. The molecule has 24 heavy (non-hydrogen) atoms. The van der Waals surface area contributed by atoms with Gasteiger partial charge in [0.1, 0.15) is 11.6 Å². The molecule has 0 aliphatic carbocycles. The lowest BCUT2D eigenvalue weighted by Gasteiger charge is -2.22. The van der Waals surface area contributed by atoms with Crippen molar-refractivity contribution in [2.75, 3.05) is 43.6 Å². The minimum atomic E-state index is -0.436. The maximum Gasteiger partial charge on any atom is 0.223 e. The lowest BCUT2D eigenvalue weighted by molar-refractivity contribution is 0.387. The minimum Gasteiger partial charge on any atom is -0.494 e. The Morgan fingerprint density at radius 2 is 2.12 bits per heavy atom. The van der Waals surface area contributed by atoms with Crippen LogP contribution in [0.5, 0.6) is 5.75 Å². The van der Waals surface area contributed by atoms with Gasteiger partial charge >= 0.3 is 0 Å². The molecule has 8 heteroatoms. The van der Waals surface area contributed by atoms with E-state index in [0.717, 1.165) is 19.5 Å². The number of halogens is 1. The van der Waals surface area contributed by atoms with Gasteiger partial charge in [-0.05, 0) is 31.2 Å². The first-order chi connectivity index (χ1) is 11.5. The number of rotatable bonds is 4. The van der Waals surface area contributed by atoms with Crippen molar-refractivity contribution in [2.24, 2.45) is 0 Å². The van der Waals surface area contributed by atoms with Crippen molar-refractivity contribution >= 4 is 17.6 Å². The number of likely N-dealkylation sites (N-methyl/N-ethyl adjacent to an activating group) is 1. The summed E-state index contributed by atoms with van der Waals surface area (Å²) in [7, 11) is 3.35. The van der Waals surface area contributed by atoms with Crippen LogP contribution in [-0.2, 0) is 0 Å². The molecule has 0 unspecified atom stereocenters. The van der Waals surface area contributed by atoms with E-state index < -0.39 is 5.82 Å². The summed E-state index contributed by atoms with van der Waals surface area (Å²) in [5.41, 5.74) is 13.2. The van der Waals surface area contributed by atoms with Crippen LogP contribution in [0.2, 0.25) is 0 Å². The van der Waals surface area contributed by atoms with E-state index in [1.165, 1.54) is 13.2 Å². The van der Waals surface area contributed by atoms with Crippen LogP contribution >= 0.6 is 0 Å². The first-order valence-electron chi connectivity index (χ1n) is 7.72. The quantitative estimate of drug-likeness (QED) is 0.774. The Kier molecular flexibility index (Phi) is 4.39. The molecule has 1 fully saturated rings. The van der Waals surface area contributed by atoms with Gasteiger partial charge in [-0.3, -0.25) is 0 Å². The zero-order chi connectivity index (χ0) is 17.3. The molecule has 0 saturated carbocycles. The number of nitrogen functional groups attached to an aromatic ring is 2. The number of nitrogens with two attached hydrogens (primary N) is 2. The fourth-order valence-corrected chi connectivity index (χ4v) is 2.99. The second-order valence-corrected chi connectivity index (χ2v) is 5.74. The number of anilines is 3. The topological polar surface area (TPSA) is 102 Å². The third-order valence-corrected chi connectivity index (χ3v) is 4.27. The highest BCUT2D eigenvalue weighted by Gasteiger charge is 2.26. The maximum absolute atomic E-state index is 13.7. The van der Waals surface area contributed by atoms with Crippen LogP contribution in [0.1, 0.15) is 6.42 Å². The predicted octanol–water partition coefficient (Wildman–Crippen LogP) is 1.25. The molecular formula is C16H21FN6O. The summed E-state index contributed by atoms with van der Waals surface area (Å²) in [5, 5.41) is 3.26. The van der Waals surface area contributed by atoms with E-state index in [0.29, 0.717) is 23.0 Å². The molecule has 1 aromatic carbocycles. The summed E-state index contributed by atoms with van der Waals surface area (Å²) in [5.74, 6) is 0.747. The lowest BCUT2D eigenvalue weighted by Crippen LogP contribution is -2.30. The molecule has 1 saturated heterocycles. The van der Waals surface area contributed by atoms with Gasteiger partial charge in [0, 0.05) is 19.1 Å². The molecule has 128 valence electrons. The third-order valence-electron chi connectivity index (χ3n) is 4.27. The summed E-state index contributed by atoms with van der Waals surface area (Å²) in [4.78, 5) is 10.6. The van der Waals surface area contributed by atoms with Crippen molar-refractivity contribution in [1.29, 1.82) is 0 Å². The van der Waals surface area contributed by atoms with E-state index in [1.807, 2.05) is 7.05 Å². The molecule has 1 atom stereocenters. The van der Waals surface area contributed by atoms with Crippen LogP contribution in [0, 0.1) is 5.82 Å². The van der Waals surface area contributed by atoms with Crippen molar-refractivity contribution in [3.63, 3.8) is 0 Å². The maximum atomic E-state index is 13.7. The first-order valence-corrected chi connectivity index (χ1v) is 7.72. The van der Waals surface area contributed by atoms with Crippen LogP contribution in [0.4, 0.5) is 22.0 Å².